The van der Waals surface area contributed by atoms with Crippen LogP contribution < -0.4 is 20.5 Å². The number of hydrogen-bond donors (Lipinski definition) is 2. The summed E-state index contributed by atoms with van der Waals surface area (Å²) in [6.07, 6.45) is 0.232. The van der Waals surface area contributed by atoms with Gasteiger partial charge in [0, 0.05) is 11.9 Å². The number of hydrazone groups is 1. The van der Waals surface area contributed by atoms with Crippen molar-refractivity contribution in [3.8, 4) is 0 Å². The summed E-state index contributed by atoms with van der Waals surface area (Å²) in [4.78, 5) is 30.1. The van der Waals surface area contributed by atoms with Gasteiger partial charge in [-0.25, -0.2) is 19.2 Å². The third-order valence-electron chi connectivity index (χ3n) is 4.48. The highest BCUT2D eigenvalue weighted by Gasteiger charge is 2.32. The van der Waals surface area contributed by atoms with Gasteiger partial charge in [0.15, 0.2) is 0 Å². The molecule has 1 atom stereocenters. The fraction of sp³-hybridized carbons (Fsp3) is 0.294. The third-order valence-corrected chi connectivity index (χ3v) is 5.33. The van der Waals surface area contributed by atoms with Gasteiger partial charge in [-0.1, -0.05) is 0 Å². The number of benzene rings is 1. The molecule has 0 radical (unpaired) electrons. The van der Waals surface area contributed by atoms with Gasteiger partial charge in [0.05, 0.1) is 31.1 Å². The van der Waals surface area contributed by atoms with E-state index in [2.05, 4.69) is 10.1 Å². The average molecular weight is 420 g/mol. The highest BCUT2D eigenvalue weighted by atomic mass is 32.1. The van der Waals surface area contributed by atoms with Gasteiger partial charge in [-0.05, 0) is 18.2 Å². The second kappa shape index (κ2) is 7.64. The molecule has 1 saturated heterocycles. The lowest BCUT2D eigenvalue weighted by Crippen LogP contribution is -2.38. The molecule has 0 bridgehead atoms. The molecule has 152 valence electrons. The Labute approximate surface area is 168 Å². The smallest absolute Gasteiger partial charge is 0.414 e. The van der Waals surface area contributed by atoms with Gasteiger partial charge in [0.1, 0.15) is 24.0 Å². The van der Waals surface area contributed by atoms with Crippen molar-refractivity contribution in [2.24, 2.45) is 10.8 Å². The molecule has 1 aromatic carbocycles. The first kappa shape index (κ1) is 19.1. The van der Waals surface area contributed by atoms with E-state index in [0.717, 1.165) is 0 Å². The minimum absolute atomic E-state index is 0.162. The van der Waals surface area contributed by atoms with Crippen LogP contribution in [0.25, 0.3) is 0 Å². The van der Waals surface area contributed by atoms with Gasteiger partial charge >= 0.3 is 6.09 Å². The summed E-state index contributed by atoms with van der Waals surface area (Å²) in [5.74, 6) is -1.13. The van der Waals surface area contributed by atoms with E-state index in [4.69, 9.17) is 15.6 Å². The van der Waals surface area contributed by atoms with Crippen molar-refractivity contribution in [2.75, 3.05) is 41.0 Å². The second-order valence-electron chi connectivity index (χ2n) is 6.36. The summed E-state index contributed by atoms with van der Waals surface area (Å²) in [6.45, 7) is 0.739. The van der Waals surface area contributed by atoms with Crippen molar-refractivity contribution in [3.05, 3.63) is 35.1 Å². The second-order valence-corrected chi connectivity index (χ2v) is 7.20. The van der Waals surface area contributed by atoms with Gasteiger partial charge in [-0.3, -0.25) is 9.69 Å². The molecular weight excluding hydrogens is 403 g/mol. The molecule has 2 amide bonds. The first-order valence-corrected chi connectivity index (χ1v) is 9.56. The lowest BCUT2D eigenvalue weighted by molar-refractivity contribution is 0.0962. The molecule has 10 nitrogen and oxygen atoms in total. The van der Waals surface area contributed by atoms with Crippen molar-refractivity contribution in [2.45, 2.75) is 6.10 Å². The molecule has 29 heavy (non-hydrogen) atoms. The number of nitrogens with zero attached hydrogens (tertiary/aromatic N) is 5. The van der Waals surface area contributed by atoms with Gasteiger partial charge in [-0.15, -0.1) is 11.3 Å². The first-order valence-electron chi connectivity index (χ1n) is 8.68. The van der Waals surface area contributed by atoms with E-state index >= 15 is 0 Å². The summed E-state index contributed by atoms with van der Waals surface area (Å²) in [7, 11) is 0. The zero-order valence-electron chi connectivity index (χ0n) is 15.1. The normalized spacial score (nSPS) is 19.0. The first-order chi connectivity index (χ1) is 14.0. The van der Waals surface area contributed by atoms with Crippen LogP contribution >= 0.6 is 11.3 Å². The Kier molecular flexibility index (Phi) is 5.03. The Hall–Kier alpha value is -3.25. The highest BCUT2D eigenvalue weighted by molar-refractivity contribution is 7.13. The zero-order valence-corrected chi connectivity index (χ0v) is 15.9. The molecule has 1 aromatic heterocycles. The molecule has 12 heteroatoms. The molecule has 0 unspecified atom stereocenters. The van der Waals surface area contributed by atoms with Crippen molar-refractivity contribution >= 4 is 46.2 Å². The van der Waals surface area contributed by atoms with Crippen LogP contribution in [0, 0.1) is 5.82 Å². The SMILES string of the molecule is NC(=O)c1csc(N2CCN(c3ccc(N4C[C@H](CO)OC4=O)cc3F)C=N2)n1. The number of thiazole rings is 1. The van der Waals surface area contributed by atoms with Crippen LogP contribution in [-0.2, 0) is 4.74 Å². The topological polar surface area (TPSA) is 125 Å². The van der Waals surface area contributed by atoms with Gasteiger partial charge in [0.25, 0.3) is 5.91 Å². The number of aliphatic hydroxyl groups excluding tert-OH is 1. The Morgan fingerprint density at radius 3 is 2.83 bits per heavy atom. The maximum atomic E-state index is 14.7. The molecule has 4 rings (SSSR count). The van der Waals surface area contributed by atoms with Gasteiger partial charge in [-0.2, -0.15) is 5.10 Å². The molecular formula is C17H17FN6O4S. The summed E-state index contributed by atoms with van der Waals surface area (Å²) < 4.78 is 19.7. The maximum absolute atomic E-state index is 14.7. The number of cyclic esters (lactones) is 1. The monoisotopic (exact) mass is 420 g/mol. The third kappa shape index (κ3) is 3.71. The standard InChI is InChI=1S/C17H17FN6O4S/c18-12-5-10(23-6-11(7-25)28-17(23)27)1-2-14(12)22-3-4-24(20-9-22)16-21-13(8-29-16)15(19)26/h1-2,5,8-9,11,25H,3-4,6-7H2,(H2,19,26)/t11-/m1/s1. The van der Waals surface area contributed by atoms with Gasteiger partial charge in [0.2, 0.25) is 5.13 Å². The Balaban J connectivity index is 1.48. The number of aromatic nitrogens is 1. The lowest BCUT2D eigenvalue weighted by atomic mass is 10.2. The number of amides is 2. The molecule has 1 fully saturated rings. The largest absolute Gasteiger partial charge is 0.441 e. The van der Waals surface area contributed by atoms with Crippen molar-refractivity contribution in [1.29, 1.82) is 0 Å². The predicted molar refractivity (Wildman–Crippen MR) is 105 cm³/mol. The van der Waals surface area contributed by atoms with E-state index < -0.39 is 23.9 Å². The molecule has 0 saturated carbocycles. The molecule has 2 aliphatic rings. The van der Waals surface area contributed by atoms with Crippen LogP contribution in [0.5, 0.6) is 0 Å². The molecule has 2 aromatic rings. The van der Waals surface area contributed by atoms with Crippen LogP contribution in [0.2, 0.25) is 0 Å². The maximum Gasteiger partial charge on any atom is 0.414 e. The molecule has 2 aliphatic heterocycles. The summed E-state index contributed by atoms with van der Waals surface area (Å²) in [5, 5.41) is 17.1. The van der Waals surface area contributed by atoms with Crippen molar-refractivity contribution in [3.63, 3.8) is 0 Å². The fourth-order valence-electron chi connectivity index (χ4n) is 2.99. The molecule has 3 heterocycles. The Bertz CT molecular complexity index is 983. The molecule has 3 N–H and O–H groups in total. The number of nitrogens with two attached hydrogens (primary N) is 1. The Morgan fingerprint density at radius 1 is 1.41 bits per heavy atom. The van der Waals surface area contributed by atoms with Crippen LogP contribution in [0.4, 0.5) is 25.7 Å². The predicted octanol–water partition coefficient (Wildman–Crippen LogP) is 0.968. The molecule has 0 spiro atoms. The number of ether oxygens (including phenoxy) is 1. The van der Waals surface area contributed by atoms with E-state index in [9.17, 15) is 14.0 Å². The van der Waals surface area contributed by atoms with E-state index in [1.54, 1.807) is 27.4 Å². The van der Waals surface area contributed by atoms with Crippen molar-refractivity contribution in [1.82, 2.24) is 4.98 Å². The number of carbonyl (C=O) groups is 2. The summed E-state index contributed by atoms with van der Waals surface area (Å²) in [6, 6.07) is 4.41. The van der Waals surface area contributed by atoms with E-state index in [0.29, 0.717) is 29.6 Å². The van der Waals surface area contributed by atoms with Crippen LogP contribution in [-0.4, -0.2) is 60.8 Å². The lowest BCUT2D eigenvalue weighted by Gasteiger charge is -2.29. The fourth-order valence-corrected chi connectivity index (χ4v) is 3.79. The number of primary amides is 1. The molecule has 0 aliphatic carbocycles. The highest BCUT2D eigenvalue weighted by Crippen LogP contribution is 2.29. The number of aliphatic hydroxyl groups is 1. The number of carbonyl (C=O) groups excluding carboxylic acids is 2. The van der Waals surface area contributed by atoms with Crippen molar-refractivity contribution < 1.29 is 23.8 Å². The number of rotatable bonds is 5. The van der Waals surface area contributed by atoms with E-state index in [1.165, 1.54) is 28.6 Å². The van der Waals surface area contributed by atoms with E-state index in [-0.39, 0.29) is 18.8 Å². The van der Waals surface area contributed by atoms with Crippen LogP contribution in [0.3, 0.4) is 0 Å². The minimum Gasteiger partial charge on any atom is -0.441 e. The summed E-state index contributed by atoms with van der Waals surface area (Å²) >= 11 is 1.24. The minimum atomic E-state index is -0.620. The average Bonchev–Trinajstić information content (AvgIpc) is 3.35. The number of hydrogen-bond acceptors (Lipinski definition) is 9. The quantitative estimate of drug-likeness (QED) is 0.738. The summed E-state index contributed by atoms with van der Waals surface area (Å²) in [5.41, 5.74) is 6.04. The van der Waals surface area contributed by atoms with E-state index in [1.807, 2.05) is 0 Å². The van der Waals surface area contributed by atoms with Gasteiger partial charge < -0.3 is 20.5 Å². The zero-order chi connectivity index (χ0) is 20.5. The Morgan fingerprint density at radius 2 is 2.24 bits per heavy atom. The van der Waals surface area contributed by atoms with Crippen LogP contribution in [0.1, 0.15) is 10.5 Å². The number of anilines is 3. The number of halogens is 1. The van der Waals surface area contributed by atoms with Crippen LogP contribution in [0.15, 0.2) is 28.7 Å².